The van der Waals surface area contributed by atoms with Crippen molar-refractivity contribution in [1.82, 2.24) is 4.98 Å². The normalized spacial score (nSPS) is 16.0. The first-order valence-corrected chi connectivity index (χ1v) is 6.31. The van der Waals surface area contributed by atoms with Crippen LogP contribution >= 0.6 is 23.5 Å². The number of rotatable bonds is 0. The summed E-state index contributed by atoms with van der Waals surface area (Å²) in [4.78, 5) is 3.78. The van der Waals surface area contributed by atoms with Gasteiger partial charge in [0.05, 0.1) is 0 Å². The summed E-state index contributed by atoms with van der Waals surface area (Å²) in [5.41, 5.74) is 0. The van der Waals surface area contributed by atoms with E-state index in [0.29, 0.717) is 0 Å². The number of pyridine rings is 1. The van der Waals surface area contributed by atoms with Gasteiger partial charge in [-0.15, -0.1) is 0 Å². The minimum absolute atomic E-state index is 1.38. The van der Waals surface area contributed by atoms with Crippen LogP contribution in [0.5, 0.6) is 0 Å². The largest absolute Gasteiger partial charge is 0.265 e. The second kappa shape index (κ2) is 7.50. The first kappa shape index (κ1) is 9.93. The van der Waals surface area contributed by atoms with Gasteiger partial charge in [0.1, 0.15) is 0 Å². The lowest BCUT2D eigenvalue weighted by atomic mass is 10.5. The highest BCUT2D eigenvalue weighted by atomic mass is 32.2. The van der Waals surface area contributed by atoms with E-state index >= 15 is 0 Å². The number of thioether (sulfide) groups is 2. The Morgan fingerprint density at radius 1 is 0.750 bits per heavy atom. The lowest BCUT2D eigenvalue weighted by Crippen LogP contribution is -1.97. The fraction of sp³-hybridized carbons (Fsp3) is 0.444. The lowest BCUT2D eigenvalue weighted by Gasteiger charge is -2.05. The van der Waals surface area contributed by atoms with Gasteiger partial charge >= 0.3 is 0 Å². The predicted octanol–water partition coefficient (Wildman–Crippen LogP) is 2.55. The summed E-state index contributed by atoms with van der Waals surface area (Å²) >= 11 is 4.15. The molecule has 3 heteroatoms. The van der Waals surface area contributed by atoms with E-state index in [0.717, 1.165) is 0 Å². The number of hydrogen-bond donors (Lipinski definition) is 0. The van der Waals surface area contributed by atoms with Crippen LogP contribution in [0.3, 0.4) is 0 Å². The van der Waals surface area contributed by atoms with Crippen LogP contribution in [0, 0.1) is 0 Å². The fourth-order valence-electron chi connectivity index (χ4n) is 0.752. The van der Waals surface area contributed by atoms with Crippen molar-refractivity contribution >= 4 is 23.5 Å². The molecule has 1 nitrogen and oxygen atoms in total. The Bertz CT molecular complexity index is 137. The molecule has 1 aromatic heterocycles. The standard InChI is InChI=1S/C5H5N.C4H8S2/c1-2-4-6-5-3-1;1-2-6-4-3-5-1/h1-5H;1-4H2. The van der Waals surface area contributed by atoms with Crippen LogP contribution < -0.4 is 0 Å². The molecule has 1 aliphatic rings. The Morgan fingerprint density at radius 3 is 1.42 bits per heavy atom. The predicted molar refractivity (Wildman–Crippen MR) is 58.9 cm³/mol. The smallest absolute Gasteiger partial charge is 0.0267 e. The van der Waals surface area contributed by atoms with E-state index in [1.54, 1.807) is 12.4 Å². The Kier molecular flexibility index (Phi) is 6.21. The van der Waals surface area contributed by atoms with E-state index in [9.17, 15) is 0 Å². The van der Waals surface area contributed by atoms with Crippen LogP contribution in [0.15, 0.2) is 30.6 Å². The molecule has 1 aromatic rings. The maximum Gasteiger partial charge on any atom is 0.0267 e. The van der Waals surface area contributed by atoms with E-state index in [1.165, 1.54) is 23.0 Å². The van der Waals surface area contributed by atoms with Gasteiger partial charge in [0, 0.05) is 35.4 Å². The summed E-state index contributed by atoms with van der Waals surface area (Å²) in [6, 6.07) is 5.72. The highest BCUT2D eigenvalue weighted by Gasteiger charge is 1.95. The molecule has 0 aromatic carbocycles. The van der Waals surface area contributed by atoms with Crippen molar-refractivity contribution in [2.75, 3.05) is 23.0 Å². The van der Waals surface area contributed by atoms with Crippen molar-refractivity contribution in [1.29, 1.82) is 0 Å². The molecule has 1 fully saturated rings. The third-order valence-electron chi connectivity index (χ3n) is 1.31. The Balaban J connectivity index is 0.000000120. The molecule has 0 unspecified atom stereocenters. The van der Waals surface area contributed by atoms with Crippen LogP contribution in [0.4, 0.5) is 0 Å². The van der Waals surface area contributed by atoms with Crippen molar-refractivity contribution in [3.8, 4) is 0 Å². The molecule has 0 radical (unpaired) electrons. The van der Waals surface area contributed by atoms with E-state index in [4.69, 9.17) is 0 Å². The second-order valence-corrected chi connectivity index (χ2v) is 4.70. The molecule has 0 atom stereocenters. The summed E-state index contributed by atoms with van der Waals surface area (Å²) in [5, 5.41) is 0. The maximum absolute atomic E-state index is 3.78. The molecule has 2 rings (SSSR count). The molecule has 12 heavy (non-hydrogen) atoms. The molecule has 0 amide bonds. The topological polar surface area (TPSA) is 12.9 Å². The van der Waals surface area contributed by atoms with Crippen molar-refractivity contribution < 1.29 is 0 Å². The van der Waals surface area contributed by atoms with Crippen LogP contribution in [0.1, 0.15) is 0 Å². The van der Waals surface area contributed by atoms with E-state index < -0.39 is 0 Å². The van der Waals surface area contributed by atoms with Gasteiger partial charge < -0.3 is 0 Å². The summed E-state index contributed by atoms with van der Waals surface area (Å²) in [6.45, 7) is 0. The first-order valence-electron chi connectivity index (χ1n) is 4.00. The van der Waals surface area contributed by atoms with Gasteiger partial charge in [0.25, 0.3) is 0 Å². The molecule has 2 heterocycles. The molecular weight excluding hydrogens is 186 g/mol. The molecule has 0 N–H and O–H groups in total. The molecule has 0 saturated carbocycles. The Hall–Kier alpha value is -0.150. The first-order chi connectivity index (χ1) is 6.00. The van der Waals surface area contributed by atoms with Gasteiger partial charge in [0.2, 0.25) is 0 Å². The Labute approximate surface area is 82.4 Å². The van der Waals surface area contributed by atoms with Gasteiger partial charge in [-0.05, 0) is 12.1 Å². The average Bonchev–Trinajstić information content (AvgIpc) is 2.24. The van der Waals surface area contributed by atoms with Crippen molar-refractivity contribution in [2.45, 2.75) is 0 Å². The highest BCUT2D eigenvalue weighted by Crippen LogP contribution is 2.14. The molecule has 0 aliphatic carbocycles. The van der Waals surface area contributed by atoms with Gasteiger partial charge in [0.15, 0.2) is 0 Å². The van der Waals surface area contributed by atoms with E-state index in [2.05, 4.69) is 28.5 Å². The fourth-order valence-corrected chi connectivity index (χ4v) is 3.05. The highest BCUT2D eigenvalue weighted by molar-refractivity contribution is 8.06. The van der Waals surface area contributed by atoms with Crippen molar-refractivity contribution in [3.63, 3.8) is 0 Å². The van der Waals surface area contributed by atoms with Gasteiger partial charge in [-0.2, -0.15) is 23.5 Å². The summed E-state index contributed by atoms with van der Waals surface area (Å²) < 4.78 is 0. The maximum atomic E-state index is 3.78. The van der Waals surface area contributed by atoms with Crippen molar-refractivity contribution in [2.24, 2.45) is 0 Å². The molecule has 1 aliphatic heterocycles. The third-order valence-corrected chi connectivity index (χ3v) is 3.80. The molecule has 66 valence electrons. The minimum Gasteiger partial charge on any atom is -0.265 e. The lowest BCUT2D eigenvalue weighted by molar-refractivity contribution is 1.33. The summed E-state index contributed by atoms with van der Waals surface area (Å²) in [6.07, 6.45) is 3.50. The zero-order valence-corrected chi connectivity index (χ0v) is 8.61. The monoisotopic (exact) mass is 199 g/mol. The number of aromatic nitrogens is 1. The minimum atomic E-state index is 1.38. The number of hydrogen-bond acceptors (Lipinski definition) is 3. The number of nitrogens with zero attached hydrogens (tertiary/aromatic N) is 1. The molecule has 0 bridgehead atoms. The van der Waals surface area contributed by atoms with Gasteiger partial charge in [-0.3, -0.25) is 4.98 Å². The quantitative estimate of drug-likeness (QED) is 0.637. The SMILES string of the molecule is C1CSCCS1.c1ccncc1. The molecular formula is C9H13NS2. The summed E-state index contributed by atoms with van der Waals surface area (Å²) in [7, 11) is 0. The molecule has 1 saturated heterocycles. The van der Waals surface area contributed by atoms with Gasteiger partial charge in [-0.25, -0.2) is 0 Å². The van der Waals surface area contributed by atoms with Crippen LogP contribution in [-0.4, -0.2) is 28.0 Å². The zero-order valence-electron chi connectivity index (χ0n) is 6.98. The van der Waals surface area contributed by atoms with Crippen LogP contribution in [0.25, 0.3) is 0 Å². The average molecular weight is 199 g/mol. The summed E-state index contributed by atoms with van der Waals surface area (Å²) in [5.74, 6) is 5.52. The van der Waals surface area contributed by atoms with E-state index in [-0.39, 0.29) is 0 Å². The second-order valence-electron chi connectivity index (χ2n) is 2.25. The molecule has 0 spiro atoms. The van der Waals surface area contributed by atoms with Gasteiger partial charge in [-0.1, -0.05) is 6.07 Å². The van der Waals surface area contributed by atoms with E-state index in [1.807, 2.05) is 18.2 Å². The third kappa shape index (κ3) is 5.49. The van der Waals surface area contributed by atoms with Crippen LogP contribution in [0.2, 0.25) is 0 Å². The Morgan fingerprint density at radius 2 is 1.25 bits per heavy atom. The zero-order chi connectivity index (χ0) is 8.49. The van der Waals surface area contributed by atoms with Crippen LogP contribution in [-0.2, 0) is 0 Å². The van der Waals surface area contributed by atoms with Crippen molar-refractivity contribution in [3.05, 3.63) is 30.6 Å².